The van der Waals surface area contributed by atoms with E-state index in [2.05, 4.69) is 21.8 Å². The average molecular weight is 230 g/mol. The second-order valence-corrected chi connectivity index (χ2v) is 4.20. The Kier molecular flexibility index (Phi) is 3.42. The molecule has 0 fully saturated rings. The van der Waals surface area contributed by atoms with E-state index >= 15 is 0 Å². The zero-order valence-corrected chi connectivity index (χ0v) is 10.3. The first-order valence-electron chi connectivity index (χ1n) is 5.95. The largest absolute Gasteiger partial charge is 0.381 e. The molecule has 0 saturated carbocycles. The predicted molar refractivity (Wildman–Crippen MR) is 72.1 cm³/mol. The molecule has 0 bridgehead atoms. The molecule has 0 aliphatic carbocycles. The highest BCUT2D eigenvalue weighted by molar-refractivity contribution is 5.79. The van der Waals surface area contributed by atoms with Crippen molar-refractivity contribution in [1.82, 2.24) is 9.97 Å². The first-order chi connectivity index (χ1) is 8.22. The number of nitrogen functional groups attached to an aromatic ring is 1. The molecule has 4 heteroatoms. The van der Waals surface area contributed by atoms with Crippen molar-refractivity contribution in [2.75, 3.05) is 24.2 Å². The number of nitrogens with zero attached hydrogens (tertiary/aromatic N) is 3. The van der Waals surface area contributed by atoms with E-state index in [4.69, 9.17) is 5.73 Å². The number of benzene rings is 1. The number of aromatic nitrogens is 2. The van der Waals surface area contributed by atoms with Crippen LogP contribution in [0.2, 0.25) is 0 Å². The van der Waals surface area contributed by atoms with Crippen LogP contribution >= 0.6 is 0 Å². The molecule has 1 aromatic carbocycles. The van der Waals surface area contributed by atoms with E-state index < -0.39 is 0 Å². The third-order valence-electron chi connectivity index (χ3n) is 2.79. The molecule has 90 valence electrons. The van der Waals surface area contributed by atoms with Crippen LogP contribution in [0.15, 0.2) is 24.3 Å². The van der Waals surface area contributed by atoms with Gasteiger partial charge in [-0.05, 0) is 18.6 Å². The monoisotopic (exact) mass is 230 g/mol. The molecule has 0 atom stereocenters. The molecule has 17 heavy (non-hydrogen) atoms. The first kappa shape index (κ1) is 11.6. The average Bonchev–Trinajstić information content (AvgIpc) is 2.35. The Labute approximate surface area is 101 Å². The van der Waals surface area contributed by atoms with Gasteiger partial charge in [-0.25, -0.2) is 9.97 Å². The van der Waals surface area contributed by atoms with Crippen LogP contribution in [0.25, 0.3) is 11.0 Å². The Morgan fingerprint density at radius 2 is 1.82 bits per heavy atom. The van der Waals surface area contributed by atoms with Crippen molar-refractivity contribution in [2.24, 2.45) is 0 Å². The third-order valence-corrected chi connectivity index (χ3v) is 2.79. The summed E-state index contributed by atoms with van der Waals surface area (Å²) in [4.78, 5) is 11.0. The predicted octanol–water partition coefficient (Wildman–Crippen LogP) is 2.45. The van der Waals surface area contributed by atoms with Crippen LogP contribution in [0, 0.1) is 0 Å². The summed E-state index contributed by atoms with van der Waals surface area (Å²) in [6.07, 6.45) is 2.29. The number of anilines is 2. The maximum Gasteiger partial charge on any atom is 0.171 e. The lowest BCUT2D eigenvalue weighted by Gasteiger charge is -2.19. The molecule has 0 aliphatic rings. The quantitative estimate of drug-likeness (QED) is 0.876. The third kappa shape index (κ3) is 2.46. The summed E-state index contributed by atoms with van der Waals surface area (Å²) in [7, 11) is 2.00. The van der Waals surface area contributed by atoms with Crippen LogP contribution in [-0.2, 0) is 0 Å². The van der Waals surface area contributed by atoms with Gasteiger partial charge in [0, 0.05) is 13.6 Å². The minimum Gasteiger partial charge on any atom is -0.381 e. The number of para-hydroxylation sites is 2. The molecular formula is C13H18N4. The zero-order valence-electron chi connectivity index (χ0n) is 10.3. The molecule has 1 aromatic heterocycles. The van der Waals surface area contributed by atoms with Gasteiger partial charge in [-0.3, -0.25) is 0 Å². The van der Waals surface area contributed by atoms with Gasteiger partial charge >= 0.3 is 0 Å². The Hall–Kier alpha value is -1.84. The lowest BCUT2D eigenvalue weighted by atomic mass is 10.3. The summed E-state index contributed by atoms with van der Waals surface area (Å²) in [6, 6.07) is 7.79. The first-order valence-corrected chi connectivity index (χ1v) is 5.95. The van der Waals surface area contributed by atoms with Crippen LogP contribution in [0.5, 0.6) is 0 Å². The molecule has 0 amide bonds. The van der Waals surface area contributed by atoms with E-state index in [-0.39, 0.29) is 0 Å². The standard InChI is InChI=1S/C13H18N4/c1-3-4-9-17(2)13-12(14)15-10-7-5-6-8-11(10)16-13/h5-8H,3-4,9H2,1-2H3,(H2,14,15). The Morgan fingerprint density at radius 3 is 2.47 bits per heavy atom. The zero-order chi connectivity index (χ0) is 12.3. The Bertz CT molecular complexity index is 510. The summed E-state index contributed by atoms with van der Waals surface area (Å²) in [6.45, 7) is 3.12. The Balaban J connectivity index is 2.36. The lowest BCUT2D eigenvalue weighted by molar-refractivity contribution is 0.760. The molecular weight excluding hydrogens is 212 g/mol. The summed E-state index contributed by atoms with van der Waals surface area (Å²) in [5, 5.41) is 0. The van der Waals surface area contributed by atoms with Gasteiger partial charge in [0.2, 0.25) is 0 Å². The molecule has 1 heterocycles. The molecule has 2 aromatic rings. The number of rotatable bonds is 4. The minimum absolute atomic E-state index is 0.502. The van der Waals surface area contributed by atoms with Gasteiger partial charge in [0.25, 0.3) is 0 Å². The van der Waals surface area contributed by atoms with Crippen molar-refractivity contribution in [3.63, 3.8) is 0 Å². The number of unbranched alkanes of at least 4 members (excludes halogenated alkanes) is 1. The van der Waals surface area contributed by atoms with E-state index in [0.29, 0.717) is 5.82 Å². The molecule has 0 radical (unpaired) electrons. The fourth-order valence-electron chi connectivity index (χ4n) is 1.79. The summed E-state index contributed by atoms with van der Waals surface area (Å²) >= 11 is 0. The maximum atomic E-state index is 5.94. The van der Waals surface area contributed by atoms with Gasteiger partial charge in [-0.2, -0.15) is 0 Å². The molecule has 0 saturated heterocycles. The fourth-order valence-corrected chi connectivity index (χ4v) is 1.79. The van der Waals surface area contributed by atoms with Crippen molar-refractivity contribution >= 4 is 22.7 Å². The summed E-state index contributed by atoms with van der Waals surface area (Å²) in [5.74, 6) is 1.28. The number of fused-ring (bicyclic) bond motifs is 1. The van der Waals surface area contributed by atoms with Gasteiger partial charge < -0.3 is 10.6 Å². The summed E-state index contributed by atoms with van der Waals surface area (Å²) < 4.78 is 0. The molecule has 2 N–H and O–H groups in total. The second kappa shape index (κ2) is 4.99. The van der Waals surface area contributed by atoms with E-state index in [9.17, 15) is 0 Å². The normalized spacial score (nSPS) is 10.7. The molecule has 0 aliphatic heterocycles. The number of hydrogen-bond donors (Lipinski definition) is 1. The van der Waals surface area contributed by atoms with Crippen LogP contribution in [-0.4, -0.2) is 23.6 Å². The van der Waals surface area contributed by atoms with Crippen molar-refractivity contribution < 1.29 is 0 Å². The van der Waals surface area contributed by atoms with Crippen LogP contribution in [0.1, 0.15) is 19.8 Å². The van der Waals surface area contributed by atoms with Crippen molar-refractivity contribution in [3.05, 3.63) is 24.3 Å². The molecule has 0 spiro atoms. The van der Waals surface area contributed by atoms with Crippen LogP contribution < -0.4 is 10.6 Å². The van der Waals surface area contributed by atoms with Crippen molar-refractivity contribution in [2.45, 2.75) is 19.8 Å². The van der Waals surface area contributed by atoms with Crippen molar-refractivity contribution in [3.8, 4) is 0 Å². The smallest absolute Gasteiger partial charge is 0.171 e. The highest BCUT2D eigenvalue weighted by Gasteiger charge is 2.09. The number of nitrogens with two attached hydrogens (primary N) is 1. The van der Waals surface area contributed by atoms with Crippen LogP contribution in [0.4, 0.5) is 11.6 Å². The molecule has 4 nitrogen and oxygen atoms in total. The second-order valence-electron chi connectivity index (χ2n) is 4.20. The maximum absolute atomic E-state index is 5.94. The Morgan fingerprint density at radius 1 is 1.18 bits per heavy atom. The van der Waals surface area contributed by atoms with Gasteiger partial charge in [0.15, 0.2) is 11.6 Å². The fraction of sp³-hybridized carbons (Fsp3) is 0.385. The lowest BCUT2D eigenvalue weighted by Crippen LogP contribution is -2.21. The topological polar surface area (TPSA) is 55.0 Å². The molecule has 2 rings (SSSR count). The van der Waals surface area contributed by atoms with Gasteiger partial charge in [-0.15, -0.1) is 0 Å². The van der Waals surface area contributed by atoms with Gasteiger partial charge in [-0.1, -0.05) is 25.5 Å². The van der Waals surface area contributed by atoms with Crippen LogP contribution in [0.3, 0.4) is 0 Å². The minimum atomic E-state index is 0.502. The van der Waals surface area contributed by atoms with E-state index in [1.54, 1.807) is 0 Å². The van der Waals surface area contributed by atoms with E-state index in [0.717, 1.165) is 36.2 Å². The van der Waals surface area contributed by atoms with Gasteiger partial charge in [0.1, 0.15) is 0 Å². The van der Waals surface area contributed by atoms with E-state index in [1.807, 2.05) is 31.3 Å². The van der Waals surface area contributed by atoms with E-state index in [1.165, 1.54) is 0 Å². The van der Waals surface area contributed by atoms with Gasteiger partial charge in [0.05, 0.1) is 11.0 Å². The highest BCUT2D eigenvalue weighted by Crippen LogP contribution is 2.21. The summed E-state index contributed by atoms with van der Waals surface area (Å²) in [5.41, 5.74) is 7.68. The van der Waals surface area contributed by atoms with Crippen molar-refractivity contribution in [1.29, 1.82) is 0 Å². The number of hydrogen-bond acceptors (Lipinski definition) is 4. The highest BCUT2D eigenvalue weighted by atomic mass is 15.2. The SMILES string of the molecule is CCCCN(C)c1nc2ccccc2nc1N. The molecule has 0 unspecified atom stereocenters.